The van der Waals surface area contributed by atoms with E-state index in [4.69, 9.17) is 11.6 Å². The molecule has 1 fully saturated rings. The number of benzene rings is 1. The molecule has 0 radical (unpaired) electrons. The smallest absolute Gasteiger partial charge is 0.233 e. The van der Waals surface area contributed by atoms with Gasteiger partial charge in [-0.05, 0) is 30.0 Å². The van der Waals surface area contributed by atoms with Crippen LogP contribution in [0.4, 0.5) is 5.82 Å². The Hall–Kier alpha value is -2.32. The average molecular weight is 450 g/mol. The quantitative estimate of drug-likeness (QED) is 0.639. The van der Waals surface area contributed by atoms with Crippen molar-refractivity contribution in [1.82, 2.24) is 9.97 Å². The molecule has 0 saturated heterocycles. The van der Waals surface area contributed by atoms with Crippen LogP contribution >= 0.6 is 11.6 Å². The Morgan fingerprint density at radius 1 is 1.20 bits per heavy atom. The molecule has 160 valence electrons. The van der Waals surface area contributed by atoms with Gasteiger partial charge in [0.15, 0.2) is 21.4 Å². The third-order valence-corrected chi connectivity index (χ3v) is 6.96. The fraction of sp³-hybridized carbons (Fsp3) is 0.429. The molecule has 9 heteroatoms. The van der Waals surface area contributed by atoms with Crippen LogP contribution in [0.3, 0.4) is 0 Å². The predicted molar refractivity (Wildman–Crippen MR) is 115 cm³/mol. The van der Waals surface area contributed by atoms with Crippen LogP contribution in [-0.2, 0) is 14.6 Å². The largest absolute Gasteiger partial charge is 0.309 e. The second-order valence-electron chi connectivity index (χ2n) is 7.73. The molecule has 1 saturated carbocycles. The minimum Gasteiger partial charge on any atom is -0.309 e. The van der Waals surface area contributed by atoms with E-state index in [9.17, 15) is 18.0 Å². The zero-order chi connectivity index (χ0) is 21.9. The van der Waals surface area contributed by atoms with E-state index in [2.05, 4.69) is 15.3 Å². The predicted octanol–water partition coefficient (Wildman–Crippen LogP) is 4.04. The third-order valence-electron chi connectivity index (χ3n) is 5.38. The van der Waals surface area contributed by atoms with E-state index in [0.717, 1.165) is 31.9 Å². The summed E-state index contributed by atoms with van der Waals surface area (Å²) in [5.74, 6) is -0.316. The number of anilines is 1. The van der Waals surface area contributed by atoms with E-state index in [0.29, 0.717) is 17.9 Å². The lowest BCUT2D eigenvalue weighted by Gasteiger charge is -2.21. The van der Waals surface area contributed by atoms with Crippen LogP contribution in [0.5, 0.6) is 0 Å². The zero-order valence-electron chi connectivity index (χ0n) is 16.9. The number of ketones is 1. The number of hydrogen-bond donors (Lipinski definition) is 1. The van der Waals surface area contributed by atoms with Crippen molar-refractivity contribution in [2.45, 2.75) is 49.8 Å². The highest BCUT2D eigenvalue weighted by molar-refractivity contribution is 7.90. The first-order valence-corrected chi connectivity index (χ1v) is 12.1. The molecule has 0 aliphatic heterocycles. The number of halogens is 1. The second kappa shape index (κ2) is 9.22. The van der Waals surface area contributed by atoms with Crippen molar-refractivity contribution in [1.29, 1.82) is 0 Å². The fourth-order valence-electron chi connectivity index (χ4n) is 3.80. The summed E-state index contributed by atoms with van der Waals surface area (Å²) in [4.78, 5) is 32.6. The highest BCUT2D eigenvalue weighted by atomic mass is 35.5. The maximum absolute atomic E-state index is 13.1. The van der Waals surface area contributed by atoms with Gasteiger partial charge in [0, 0.05) is 13.2 Å². The Kier molecular flexibility index (Phi) is 6.88. The van der Waals surface area contributed by atoms with E-state index in [1.54, 1.807) is 12.1 Å². The molecule has 30 heavy (non-hydrogen) atoms. The number of nitrogens with one attached hydrogen (secondary N) is 1. The minimum absolute atomic E-state index is 0.0404. The number of carbonyl (C=O) groups excluding carboxylic acids is 2. The maximum Gasteiger partial charge on any atom is 0.233 e. The SMILES string of the molecule is CC(=O)c1cnc(NC(=O)[C@H](CC2CCCC2)c2ccc(S(C)(=O)=O)c(Cl)c2)cn1. The lowest BCUT2D eigenvalue weighted by Crippen LogP contribution is -2.24. The fourth-order valence-corrected chi connectivity index (χ4v) is 5.13. The van der Waals surface area contributed by atoms with Gasteiger partial charge in [0.05, 0.1) is 28.2 Å². The summed E-state index contributed by atoms with van der Waals surface area (Å²) in [6.45, 7) is 1.39. The summed E-state index contributed by atoms with van der Waals surface area (Å²) in [5, 5.41) is 2.86. The van der Waals surface area contributed by atoms with Gasteiger partial charge in [-0.3, -0.25) is 9.59 Å². The molecule has 1 aromatic heterocycles. The average Bonchev–Trinajstić information content (AvgIpc) is 3.18. The molecule has 1 aromatic carbocycles. The molecule has 0 bridgehead atoms. The van der Waals surface area contributed by atoms with Gasteiger partial charge in [-0.15, -0.1) is 0 Å². The van der Waals surface area contributed by atoms with Crippen molar-refractivity contribution in [3.8, 4) is 0 Å². The van der Waals surface area contributed by atoms with Crippen LogP contribution in [0.15, 0.2) is 35.5 Å². The maximum atomic E-state index is 13.1. The van der Waals surface area contributed by atoms with Crippen LogP contribution in [-0.4, -0.2) is 36.3 Å². The van der Waals surface area contributed by atoms with Crippen molar-refractivity contribution in [2.24, 2.45) is 5.92 Å². The Morgan fingerprint density at radius 3 is 2.43 bits per heavy atom. The van der Waals surface area contributed by atoms with E-state index in [-0.39, 0.29) is 33.1 Å². The molecule has 1 atom stereocenters. The molecule has 7 nitrogen and oxygen atoms in total. The standard InChI is InChI=1S/C21H24ClN3O4S/c1-13(26)18-11-24-20(12-23-18)25-21(27)16(9-14-5-3-4-6-14)15-7-8-19(17(22)10-15)30(2,28)29/h7-8,10-12,14,16H,3-6,9H2,1-2H3,(H,24,25,27)/t16-/m1/s1. The van der Waals surface area contributed by atoms with Crippen molar-refractivity contribution in [2.75, 3.05) is 11.6 Å². The number of amides is 1. The summed E-state index contributed by atoms with van der Waals surface area (Å²) < 4.78 is 23.7. The molecule has 1 N–H and O–H groups in total. The highest BCUT2D eigenvalue weighted by Gasteiger charge is 2.28. The topological polar surface area (TPSA) is 106 Å². The number of aromatic nitrogens is 2. The molecule has 1 aliphatic carbocycles. The van der Waals surface area contributed by atoms with Gasteiger partial charge >= 0.3 is 0 Å². The molecular formula is C21H24ClN3O4S. The Balaban J connectivity index is 1.87. The molecule has 1 heterocycles. The van der Waals surface area contributed by atoms with Crippen LogP contribution < -0.4 is 5.32 Å². The van der Waals surface area contributed by atoms with Crippen LogP contribution in [0, 0.1) is 5.92 Å². The normalized spacial score (nSPS) is 15.7. The van der Waals surface area contributed by atoms with Gasteiger partial charge in [0.25, 0.3) is 0 Å². The van der Waals surface area contributed by atoms with Gasteiger partial charge in [-0.25, -0.2) is 18.4 Å². The molecule has 2 aromatic rings. The highest BCUT2D eigenvalue weighted by Crippen LogP contribution is 2.36. The Bertz CT molecular complexity index is 1050. The first kappa shape index (κ1) is 22.4. The van der Waals surface area contributed by atoms with Crippen LogP contribution in [0.2, 0.25) is 5.02 Å². The van der Waals surface area contributed by atoms with Crippen molar-refractivity contribution >= 4 is 38.9 Å². The third kappa shape index (κ3) is 5.43. The van der Waals surface area contributed by atoms with Crippen LogP contribution in [0.25, 0.3) is 0 Å². The number of rotatable bonds is 7. The summed E-state index contributed by atoms with van der Waals surface area (Å²) in [5.41, 5.74) is 0.878. The molecule has 3 rings (SSSR count). The number of Topliss-reactive ketones (excluding diaryl/α,β-unsaturated/α-hetero) is 1. The number of carbonyl (C=O) groups is 2. The monoisotopic (exact) mass is 449 g/mol. The minimum atomic E-state index is -3.46. The lowest BCUT2D eigenvalue weighted by atomic mass is 9.87. The second-order valence-corrected chi connectivity index (χ2v) is 10.1. The summed E-state index contributed by atoms with van der Waals surface area (Å²) in [6.07, 6.45) is 8.82. The molecule has 0 spiro atoms. The summed E-state index contributed by atoms with van der Waals surface area (Å²) >= 11 is 6.22. The van der Waals surface area contributed by atoms with E-state index >= 15 is 0 Å². The number of sulfone groups is 1. The molecular weight excluding hydrogens is 426 g/mol. The summed E-state index contributed by atoms with van der Waals surface area (Å²) in [6, 6.07) is 4.65. The van der Waals surface area contributed by atoms with Gasteiger partial charge in [0.1, 0.15) is 5.69 Å². The molecule has 1 amide bonds. The van der Waals surface area contributed by atoms with Gasteiger partial charge in [0.2, 0.25) is 5.91 Å². The first-order valence-electron chi connectivity index (χ1n) is 9.78. The Labute approximate surface area is 181 Å². The van der Waals surface area contributed by atoms with E-state index < -0.39 is 15.8 Å². The van der Waals surface area contributed by atoms with Gasteiger partial charge in [-0.1, -0.05) is 43.4 Å². The van der Waals surface area contributed by atoms with Crippen LogP contribution in [0.1, 0.15) is 61.0 Å². The molecule has 1 aliphatic rings. The van der Waals surface area contributed by atoms with Crippen molar-refractivity contribution in [3.05, 3.63) is 46.9 Å². The van der Waals surface area contributed by atoms with Gasteiger partial charge < -0.3 is 5.32 Å². The lowest BCUT2D eigenvalue weighted by molar-refractivity contribution is -0.118. The number of hydrogen-bond acceptors (Lipinski definition) is 6. The summed E-state index contributed by atoms with van der Waals surface area (Å²) in [7, 11) is -3.46. The van der Waals surface area contributed by atoms with Gasteiger partial charge in [-0.2, -0.15) is 0 Å². The Morgan fingerprint density at radius 2 is 1.90 bits per heavy atom. The van der Waals surface area contributed by atoms with Crippen molar-refractivity contribution in [3.63, 3.8) is 0 Å². The van der Waals surface area contributed by atoms with Crippen molar-refractivity contribution < 1.29 is 18.0 Å². The van der Waals surface area contributed by atoms with E-state index in [1.807, 2.05) is 0 Å². The first-order chi connectivity index (χ1) is 14.1. The zero-order valence-corrected chi connectivity index (χ0v) is 18.5. The number of nitrogens with zero attached hydrogens (tertiary/aromatic N) is 2. The molecule has 0 unspecified atom stereocenters. The van der Waals surface area contributed by atoms with E-state index in [1.165, 1.54) is 25.4 Å².